The van der Waals surface area contributed by atoms with E-state index in [0.717, 1.165) is 5.56 Å². The zero-order valence-electron chi connectivity index (χ0n) is 14.0. The molecule has 128 valence electrons. The van der Waals surface area contributed by atoms with Crippen LogP contribution >= 0.6 is 0 Å². The van der Waals surface area contributed by atoms with Gasteiger partial charge in [-0.25, -0.2) is 0 Å². The fourth-order valence-corrected chi connectivity index (χ4v) is 2.47. The van der Waals surface area contributed by atoms with Crippen molar-refractivity contribution in [2.45, 2.75) is 26.2 Å². The second-order valence-electron chi connectivity index (χ2n) is 6.65. The predicted molar refractivity (Wildman–Crippen MR) is 89.3 cm³/mol. The molecule has 0 aliphatic carbocycles. The van der Waals surface area contributed by atoms with Crippen molar-refractivity contribution in [1.29, 1.82) is 0 Å². The lowest BCUT2D eigenvalue weighted by atomic mass is 9.93. The van der Waals surface area contributed by atoms with Crippen molar-refractivity contribution in [2.75, 3.05) is 6.79 Å². The molecule has 3 heterocycles. The first-order chi connectivity index (χ1) is 11.9. The normalized spacial score (nSPS) is 13.9. The van der Waals surface area contributed by atoms with Crippen LogP contribution in [0.4, 0.5) is 0 Å². The van der Waals surface area contributed by atoms with Crippen LogP contribution in [0.1, 0.15) is 32.0 Å². The summed E-state index contributed by atoms with van der Waals surface area (Å²) < 4.78 is 13.3. The van der Waals surface area contributed by atoms with Crippen molar-refractivity contribution in [1.82, 2.24) is 24.5 Å². The lowest BCUT2D eigenvalue weighted by Gasteiger charge is -2.16. The van der Waals surface area contributed by atoms with E-state index in [-0.39, 0.29) is 18.1 Å². The molecule has 1 aromatic carbocycles. The number of aromatic nitrogens is 5. The summed E-state index contributed by atoms with van der Waals surface area (Å²) in [6.07, 6.45) is 3.00. The maximum atomic E-state index is 12.8. The first kappa shape index (κ1) is 15.3. The highest BCUT2D eigenvalue weighted by Gasteiger charge is 2.23. The molecule has 9 nitrogen and oxygen atoms in total. The van der Waals surface area contributed by atoms with Crippen LogP contribution in [-0.4, -0.2) is 37.5 Å². The lowest BCUT2D eigenvalue weighted by molar-refractivity contribution is 0.174. The number of nitrogens with zero attached hydrogens (tertiary/aromatic N) is 6. The van der Waals surface area contributed by atoms with Crippen LogP contribution in [0.2, 0.25) is 0 Å². The van der Waals surface area contributed by atoms with Gasteiger partial charge in [-0.15, -0.1) is 10.2 Å². The summed E-state index contributed by atoms with van der Waals surface area (Å²) >= 11 is 0. The van der Waals surface area contributed by atoms with Crippen molar-refractivity contribution in [3.05, 3.63) is 46.1 Å². The van der Waals surface area contributed by atoms with E-state index in [4.69, 9.17) is 9.47 Å². The highest BCUT2D eigenvalue weighted by molar-refractivity contribution is 5.81. The number of hydrogen-bond acceptors (Lipinski definition) is 7. The number of hydrogen-bond donors (Lipinski definition) is 0. The number of fused-ring (bicyclic) bond motifs is 2. The molecule has 0 spiro atoms. The molecule has 0 radical (unpaired) electrons. The van der Waals surface area contributed by atoms with Gasteiger partial charge in [-0.2, -0.15) is 19.4 Å². The van der Waals surface area contributed by atoms with Crippen molar-refractivity contribution in [2.24, 2.45) is 5.10 Å². The minimum absolute atomic E-state index is 0.203. The molecular formula is C16H16N6O3. The average Bonchev–Trinajstić information content (AvgIpc) is 3.20. The molecule has 0 saturated carbocycles. The fourth-order valence-electron chi connectivity index (χ4n) is 2.47. The van der Waals surface area contributed by atoms with Crippen LogP contribution in [0, 0.1) is 0 Å². The SMILES string of the molecule is CC(C)(C)c1nn2cnnc2n(/N=C\c2ccc3c(c2)OCO3)c1=O. The van der Waals surface area contributed by atoms with Gasteiger partial charge in [-0.05, 0) is 23.8 Å². The molecule has 1 aliphatic heterocycles. The standard InChI is InChI=1S/C16H16N6O3/c1-16(2,3)13-14(23)22(15-19-17-8-21(15)20-13)18-7-10-4-5-11-12(6-10)25-9-24-11/h4-8H,9H2,1-3H3/b18-7-. The van der Waals surface area contributed by atoms with Gasteiger partial charge < -0.3 is 9.47 Å². The molecule has 25 heavy (non-hydrogen) atoms. The summed E-state index contributed by atoms with van der Waals surface area (Å²) in [5.41, 5.74) is 0.376. The Balaban J connectivity index is 1.82. The lowest BCUT2D eigenvalue weighted by Crippen LogP contribution is -2.33. The van der Waals surface area contributed by atoms with Gasteiger partial charge in [0, 0.05) is 5.41 Å². The molecule has 2 aromatic heterocycles. The van der Waals surface area contributed by atoms with Crippen molar-refractivity contribution >= 4 is 12.0 Å². The second-order valence-corrected chi connectivity index (χ2v) is 6.65. The van der Waals surface area contributed by atoms with E-state index in [1.807, 2.05) is 26.8 Å². The van der Waals surface area contributed by atoms with Gasteiger partial charge in [-0.1, -0.05) is 20.8 Å². The molecule has 0 atom stereocenters. The molecule has 0 bridgehead atoms. The van der Waals surface area contributed by atoms with Gasteiger partial charge in [0.25, 0.3) is 11.3 Å². The van der Waals surface area contributed by atoms with Gasteiger partial charge in [0.15, 0.2) is 11.5 Å². The Bertz CT molecular complexity index is 1040. The molecule has 0 fully saturated rings. The van der Waals surface area contributed by atoms with Crippen LogP contribution in [0.15, 0.2) is 34.4 Å². The summed E-state index contributed by atoms with van der Waals surface area (Å²) in [6.45, 7) is 5.95. The molecule has 0 N–H and O–H groups in total. The van der Waals surface area contributed by atoms with E-state index in [1.54, 1.807) is 18.3 Å². The molecular weight excluding hydrogens is 324 g/mol. The van der Waals surface area contributed by atoms with Crippen molar-refractivity contribution < 1.29 is 9.47 Å². The van der Waals surface area contributed by atoms with E-state index in [0.29, 0.717) is 17.2 Å². The minimum Gasteiger partial charge on any atom is -0.454 e. The van der Waals surface area contributed by atoms with E-state index in [9.17, 15) is 4.79 Å². The highest BCUT2D eigenvalue weighted by atomic mass is 16.7. The van der Waals surface area contributed by atoms with E-state index in [1.165, 1.54) is 15.5 Å². The maximum absolute atomic E-state index is 12.8. The third kappa shape index (κ3) is 2.63. The van der Waals surface area contributed by atoms with Crippen LogP contribution < -0.4 is 15.0 Å². The van der Waals surface area contributed by atoms with Gasteiger partial charge in [0.2, 0.25) is 6.79 Å². The molecule has 0 unspecified atom stereocenters. The van der Waals surface area contributed by atoms with Crippen LogP contribution in [-0.2, 0) is 5.41 Å². The molecule has 4 rings (SSSR count). The largest absolute Gasteiger partial charge is 0.454 e. The highest BCUT2D eigenvalue weighted by Crippen LogP contribution is 2.32. The Hall–Kier alpha value is -3.23. The van der Waals surface area contributed by atoms with Gasteiger partial charge in [0.1, 0.15) is 12.0 Å². The van der Waals surface area contributed by atoms with Gasteiger partial charge in [0.05, 0.1) is 6.21 Å². The second kappa shape index (κ2) is 5.40. The topological polar surface area (TPSA) is 95.9 Å². The zero-order valence-corrected chi connectivity index (χ0v) is 14.0. The first-order valence-corrected chi connectivity index (χ1v) is 7.71. The van der Waals surface area contributed by atoms with E-state index >= 15 is 0 Å². The third-order valence-corrected chi connectivity index (χ3v) is 3.73. The predicted octanol–water partition coefficient (Wildman–Crippen LogP) is 1.19. The summed E-state index contributed by atoms with van der Waals surface area (Å²) in [7, 11) is 0. The Kier molecular flexibility index (Phi) is 3.31. The fraction of sp³-hybridized carbons (Fsp3) is 0.312. The third-order valence-electron chi connectivity index (χ3n) is 3.73. The van der Waals surface area contributed by atoms with Crippen molar-refractivity contribution in [3.63, 3.8) is 0 Å². The summed E-state index contributed by atoms with van der Waals surface area (Å²) in [5, 5.41) is 16.3. The quantitative estimate of drug-likeness (QED) is 0.650. The smallest absolute Gasteiger partial charge is 0.298 e. The van der Waals surface area contributed by atoms with Crippen LogP contribution in [0.5, 0.6) is 11.5 Å². The van der Waals surface area contributed by atoms with Crippen LogP contribution in [0.3, 0.4) is 0 Å². The van der Waals surface area contributed by atoms with E-state index in [2.05, 4.69) is 20.4 Å². The zero-order chi connectivity index (χ0) is 17.6. The average molecular weight is 340 g/mol. The molecule has 3 aromatic rings. The number of rotatable bonds is 2. The monoisotopic (exact) mass is 340 g/mol. The molecule has 0 saturated heterocycles. The summed E-state index contributed by atoms with van der Waals surface area (Å²) in [4.78, 5) is 12.8. The Morgan fingerprint density at radius 1 is 1.24 bits per heavy atom. The van der Waals surface area contributed by atoms with Crippen LogP contribution in [0.25, 0.3) is 5.78 Å². The summed E-state index contributed by atoms with van der Waals surface area (Å²) in [5.74, 6) is 1.58. The molecule has 9 heteroatoms. The van der Waals surface area contributed by atoms with Crippen molar-refractivity contribution in [3.8, 4) is 11.5 Å². The number of benzene rings is 1. The summed E-state index contributed by atoms with van der Waals surface area (Å²) in [6, 6.07) is 5.42. The van der Waals surface area contributed by atoms with E-state index < -0.39 is 5.41 Å². The Morgan fingerprint density at radius 3 is 2.84 bits per heavy atom. The number of ether oxygens (including phenoxy) is 2. The Labute approximate surface area is 142 Å². The Morgan fingerprint density at radius 2 is 2.04 bits per heavy atom. The molecule has 0 amide bonds. The first-order valence-electron chi connectivity index (χ1n) is 7.71. The maximum Gasteiger partial charge on any atom is 0.298 e. The molecule has 1 aliphatic rings. The van der Waals surface area contributed by atoms with Gasteiger partial charge in [-0.3, -0.25) is 4.79 Å². The minimum atomic E-state index is -0.439. The van der Waals surface area contributed by atoms with Gasteiger partial charge >= 0.3 is 0 Å².